The molecule has 0 fully saturated rings. The first-order chi connectivity index (χ1) is 9.39. The summed E-state index contributed by atoms with van der Waals surface area (Å²) in [6.45, 7) is 2.21. The first-order valence-electron chi connectivity index (χ1n) is 6.17. The SMILES string of the molecule is Cc1ccc(S(=O)(=O)N(C)Cc2cccc(Cl)c2)cc1. The van der Waals surface area contributed by atoms with Gasteiger partial charge in [0.2, 0.25) is 10.0 Å². The largest absolute Gasteiger partial charge is 0.243 e. The van der Waals surface area contributed by atoms with Crippen LogP contribution in [0.4, 0.5) is 0 Å². The highest BCUT2D eigenvalue weighted by atomic mass is 35.5. The van der Waals surface area contributed by atoms with Gasteiger partial charge in [-0.1, -0.05) is 41.4 Å². The van der Waals surface area contributed by atoms with E-state index in [0.29, 0.717) is 9.92 Å². The monoisotopic (exact) mass is 309 g/mol. The van der Waals surface area contributed by atoms with Crippen LogP contribution in [0.3, 0.4) is 0 Å². The average molecular weight is 310 g/mol. The molecule has 0 amide bonds. The minimum atomic E-state index is -3.48. The van der Waals surface area contributed by atoms with E-state index >= 15 is 0 Å². The summed E-state index contributed by atoms with van der Waals surface area (Å²) in [4.78, 5) is 0.299. The standard InChI is InChI=1S/C15H16ClNO2S/c1-12-6-8-15(9-7-12)20(18,19)17(2)11-13-4-3-5-14(16)10-13/h3-10H,11H2,1-2H3. The summed E-state index contributed by atoms with van der Waals surface area (Å²) in [6, 6.07) is 14.0. The molecule has 2 aromatic rings. The van der Waals surface area contributed by atoms with Crippen molar-refractivity contribution in [1.29, 1.82) is 0 Å². The fourth-order valence-corrected chi connectivity index (χ4v) is 3.24. The lowest BCUT2D eigenvalue weighted by atomic mass is 10.2. The molecule has 0 heterocycles. The predicted octanol–water partition coefficient (Wildman–Crippen LogP) is 3.47. The Bertz CT molecular complexity index is 696. The van der Waals surface area contributed by atoms with Crippen LogP contribution >= 0.6 is 11.6 Å². The lowest BCUT2D eigenvalue weighted by molar-refractivity contribution is 0.466. The van der Waals surface area contributed by atoms with E-state index in [1.165, 1.54) is 4.31 Å². The van der Waals surface area contributed by atoms with Crippen molar-refractivity contribution in [3.63, 3.8) is 0 Å². The molecule has 0 aliphatic heterocycles. The predicted molar refractivity (Wildman–Crippen MR) is 81.3 cm³/mol. The van der Waals surface area contributed by atoms with Crippen molar-refractivity contribution in [2.45, 2.75) is 18.4 Å². The van der Waals surface area contributed by atoms with Crippen molar-refractivity contribution in [3.8, 4) is 0 Å². The first-order valence-corrected chi connectivity index (χ1v) is 7.99. The average Bonchev–Trinajstić information content (AvgIpc) is 2.39. The van der Waals surface area contributed by atoms with Crippen LogP contribution in [0.25, 0.3) is 0 Å². The Hall–Kier alpha value is -1.36. The number of benzene rings is 2. The molecule has 0 aliphatic rings. The van der Waals surface area contributed by atoms with Crippen molar-refractivity contribution in [2.75, 3.05) is 7.05 Å². The molecule has 0 N–H and O–H groups in total. The Balaban J connectivity index is 2.23. The number of sulfonamides is 1. The van der Waals surface area contributed by atoms with Crippen LogP contribution in [0.2, 0.25) is 5.02 Å². The van der Waals surface area contributed by atoms with Gasteiger partial charge in [0.1, 0.15) is 0 Å². The van der Waals surface area contributed by atoms with Crippen LogP contribution < -0.4 is 0 Å². The van der Waals surface area contributed by atoms with Gasteiger partial charge in [0.15, 0.2) is 0 Å². The molecule has 0 radical (unpaired) electrons. The van der Waals surface area contributed by atoms with Crippen LogP contribution in [0.15, 0.2) is 53.4 Å². The number of rotatable bonds is 4. The van der Waals surface area contributed by atoms with Crippen LogP contribution in [0.1, 0.15) is 11.1 Å². The van der Waals surface area contributed by atoms with Gasteiger partial charge in [0.05, 0.1) is 4.90 Å². The number of aryl methyl sites for hydroxylation is 1. The van der Waals surface area contributed by atoms with Crippen molar-refractivity contribution in [1.82, 2.24) is 4.31 Å². The highest BCUT2D eigenvalue weighted by Crippen LogP contribution is 2.18. The molecule has 20 heavy (non-hydrogen) atoms. The molecule has 0 aliphatic carbocycles. The Kier molecular flexibility index (Phi) is 4.48. The zero-order valence-corrected chi connectivity index (χ0v) is 12.9. The normalized spacial score (nSPS) is 11.8. The molecular weight excluding hydrogens is 294 g/mol. The van der Waals surface area contributed by atoms with E-state index in [0.717, 1.165) is 11.1 Å². The van der Waals surface area contributed by atoms with Gasteiger partial charge in [-0.25, -0.2) is 8.42 Å². The van der Waals surface area contributed by atoms with Crippen LogP contribution in [0, 0.1) is 6.92 Å². The van der Waals surface area contributed by atoms with E-state index < -0.39 is 10.0 Å². The van der Waals surface area contributed by atoms with Crippen LogP contribution in [-0.4, -0.2) is 19.8 Å². The molecule has 0 bridgehead atoms. The number of hydrogen-bond acceptors (Lipinski definition) is 2. The third-order valence-corrected chi connectivity index (χ3v) is 5.08. The molecule has 0 spiro atoms. The molecule has 2 aromatic carbocycles. The van der Waals surface area contributed by atoms with Crippen molar-refractivity contribution in [3.05, 3.63) is 64.7 Å². The molecule has 0 saturated heterocycles. The van der Waals surface area contributed by atoms with Gasteiger partial charge in [-0.2, -0.15) is 4.31 Å². The number of nitrogens with zero attached hydrogens (tertiary/aromatic N) is 1. The third kappa shape index (κ3) is 3.39. The topological polar surface area (TPSA) is 37.4 Å². The van der Waals surface area contributed by atoms with E-state index in [9.17, 15) is 8.42 Å². The van der Waals surface area contributed by atoms with Gasteiger partial charge in [0, 0.05) is 18.6 Å². The number of halogens is 1. The molecule has 3 nitrogen and oxygen atoms in total. The molecule has 106 valence electrons. The highest BCUT2D eigenvalue weighted by molar-refractivity contribution is 7.89. The molecule has 2 rings (SSSR count). The quantitative estimate of drug-likeness (QED) is 0.867. The summed E-state index contributed by atoms with van der Waals surface area (Å²) in [5.74, 6) is 0. The second-order valence-electron chi connectivity index (χ2n) is 4.70. The van der Waals surface area contributed by atoms with Gasteiger partial charge < -0.3 is 0 Å². The maximum atomic E-state index is 12.4. The molecule has 0 atom stereocenters. The van der Waals surface area contributed by atoms with Crippen LogP contribution in [0.5, 0.6) is 0 Å². The summed E-state index contributed by atoms with van der Waals surface area (Å²) in [5, 5.41) is 0.601. The molecule has 0 aromatic heterocycles. The Labute approximate surface area is 124 Å². The number of hydrogen-bond donors (Lipinski definition) is 0. The lowest BCUT2D eigenvalue weighted by Gasteiger charge is -2.17. The zero-order valence-electron chi connectivity index (χ0n) is 11.4. The van der Waals surface area contributed by atoms with Gasteiger partial charge >= 0.3 is 0 Å². The molecule has 5 heteroatoms. The second kappa shape index (κ2) is 5.95. The van der Waals surface area contributed by atoms with E-state index in [-0.39, 0.29) is 6.54 Å². The van der Waals surface area contributed by atoms with Gasteiger partial charge in [0.25, 0.3) is 0 Å². The maximum Gasteiger partial charge on any atom is 0.243 e. The summed E-state index contributed by atoms with van der Waals surface area (Å²) < 4.78 is 26.2. The summed E-state index contributed by atoms with van der Waals surface area (Å²) in [6.07, 6.45) is 0. The van der Waals surface area contributed by atoms with E-state index in [4.69, 9.17) is 11.6 Å². The maximum absolute atomic E-state index is 12.4. The summed E-state index contributed by atoms with van der Waals surface area (Å²) in [5.41, 5.74) is 1.89. The third-order valence-electron chi connectivity index (χ3n) is 3.02. The van der Waals surface area contributed by atoms with Gasteiger partial charge in [-0.3, -0.25) is 0 Å². The fraction of sp³-hybridized carbons (Fsp3) is 0.200. The fourth-order valence-electron chi connectivity index (χ4n) is 1.87. The summed E-state index contributed by atoms with van der Waals surface area (Å²) >= 11 is 5.91. The minimum Gasteiger partial charge on any atom is -0.207 e. The van der Waals surface area contributed by atoms with E-state index in [2.05, 4.69) is 0 Å². The Morgan fingerprint density at radius 1 is 1.10 bits per heavy atom. The Morgan fingerprint density at radius 2 is 1.75 bits per heavy atom. The van der Waals surface area contributed by atoms with Crippen molar-refractivity contribution >= 4 is 21.6 Å². The molecular formula is C15H16ClNO2S. The van der Waals surface area contributed by atoms with Crippen molar-refractivity contribution < 1.29 is 8.42 Å². The van der Waals surface area contributed by atoms with Crippen molar-refractivity contribution in [2.24, 2.45) is 0 Å². The highest BCUT2D eigenvalue weighted by Gasteiger charge is 2.20. The van der Waals surface area contributed by atoms with Gasteiger partial charge in [-0.15, -0.1) is 0 Å². The smallest absolute Gasteiger partial charge is 0.207 e. The van der Waals surface area contributed by atoms with E-state index in [1.54, 1.807) is 43.4 Å². The van der Waals surface area contributed by atoms with Crippen LogP contribution in [-0.2, 0) is 16.6 Å². The summed E-state index contributed by atoms with van der Waals surface area (Å²) in [7, 11) is -1.91. The molecule has 0 saturated carbocycles. The minimum absolute atomic E-state index is 0.288. The Morgan fingerprint density at radius 3 is 2.35 bits per heavy atom. The molecule has 0 unspecified atom stereocenters. The van der Waals surface area contributed by atoms with E-state index in [1.807, 2.05) is 19.1 Å². The van der Waals surface area contributed by atoms with Gasteiger partial charge in [-0.05, 0) is 36.8 Å². The second-order valence-corrected chi connectivity index (χ2v) is 7.19. The first kappa shape index (κ1) is 15.0. The zero-order chi connectivity index (χ0) is 14.8. The lowest BCUT2D eigenvalue weighted by Crippen LogP contribution is -2.26.